The molecule has 0 aromatic carbocycles. The normalized spacial score (nSPS) is 26.4. The third-order valence-electron chi connectivity index (χ3n) is 6.41. The standard InChI is InChI=1S/C21H39N5O/c1-17(15-25-11-6-7-12-25)14-23-21(22-2)24-19-10-13-26(16-19)20(27)18-8-4-3-5-9-18/h17-19H,3-16H2,1-2H3,(H2,22,23,24). The Morgan fingerprint density at radius 3 is 2.52 bits per heavy atom. The van der Waals surface area contributed by atoms with Gasteiger partial charge in [-0.2, -0.15) is 0 Å². The van der Waals surface area contributed by atoms with E-state index in [1.165, 1.54) is 45.2 Å². The molecule has 2 N–H and O–H groups in total. The Bertz CT molecular complexity index is 497. The average molecular weight is 378 g/mol. The summed E-state index contributed by atoms with van der Waals surface area (Å²) in [6, 6.07) is 0.317. The van der Waals surface area contributed by atoms with Gasteiger partial charge in [0.25, 0.3) is 0 Å². The fourth-order valence-electron chi connectivity index (χ4n) is 4.82. The fraction of sp³-hybridized carbons (Fsp3) is 0.905. The number of carbonyl (C=O) groups excluding carboxylic acids is 1. The van der Waals surface area contributed by atoms with E-state index < -0.39 is 0 Å². The van der Waals surface area contributed by atoms with Crippen LogP contribution in [0, 0.1) is 11.8 Å². The average Bonchev–Trinajstić information content (AvgIpc) is 3.37. The van der Waals surface area contributed by atoms with Crippen LogP contribution in [0.1, 0.15) is 58.3 Å². The van der Waals surface area contributed by atoms with Crippen molar-refractivity contribution in [3.05, 3.63) is 0 Å². The Hall–Kier alpha value is -1.30. The zero-order chi connectivity index (χ0) is 19.1. The highest BCUT2D eigenvalue weighted by Crippen LogP contribution is 2.26. The van der Waals surface area contributed by atoms with Crippen molar-refractivity contribution in [2.24, 2.45) is 16.8 Å². The lowest BCUT2D eigenvalue weighted by molar-refractivity contribution is -0.135. The molecule has 27 heavy (non-hydrogen) atoms. The van der Waals surface area contributed by atoms with Crippen LogP contribution in [0.5, 0.6) is 0 Å². The molecule has 0 bridgehead atoms. The van der Waals surface area contributed by atoms with Gasteiger partial charge in [-0.3, -0.25) is 9.79 Å². The third kappa shape index (κ3) is 6.09. The van der Waals surface area contributed by atoms with Gasteiger partial charge in [0.05, 0.1) is 0 Å². The van der Waals surface area contributed by atoms with Gasteiger partial charge >= 0.3 is 0 Å². The Morgan fingerprint density at radius 2 is 1.81 bits per heavy atom. The number of hydrogen-bond acceptors (Lipinski definition) is 3. The van der Waals surface area contributed by atoms with Crippen molar-refractivity contribution in [2.45, 2.75) is 64.3 Å². The Morgan fingerprint density at radius 1 is 1.07 bits per heavy atom. The summed E-state index contributed by atoms with van der Waals surface area (Å²) in [7, 11) is 1.83. The molecule has 1 saturated carbocycles. The van der Waals surface area contributed by atoms with Crippen molar-refractivity contribution in [1.29, 1.82) is 0 Å². The van der Waals surface area contributed by atoms with Gasteiger partial charge in [0, 0.05) is 45.2 Å². The maximum Gasteiger partial charge on any atom is 0.225 e. The second kappa shape index (κ2) is 10.3. The SMILES string of the molecule is CN=C(NCC(C)CN1CCCC1)NC1CCN(C(=O)C2CCCCC2)C1. The topological polar surface area (TPSA) is 60.0 Å². The molecule has 2 unspecified atom stereocenters. The van der Waals surface area contributed by atoms with Crippen LogP contribution in [0.2, 0.25) is 0 Å². The van der Waals surface area contributed by atoms with Crippen LogP contribution in [-0.2, 0) is 4.79 Å². The minimum atomic E-state index is 0.279. The number of hydrogen-bond donors (Lipinski definition) is 2. The number of guanidine groups is 1. The van der Waals surface area contributed by atoms with E-state index in [0.29, 0.717) is 17.9 Å². The number of nitrogens with zero attached hydrogens (tertiary/aromatic N) is 3. The van der Waals surface area contributed by atoms with Gasteiger partial charge in [0.2, 0.25) is 5.91 Å². The summed E-state index contributed by atoms with van der Waals surface area (Å²) in [5.41, 5.74) is 0. The molecule has 0 radical (unpaired) electrons. The molecule has 0 aromatic rings. The first kappa shape index (κ1) is 20.4. The Kier molecular flexibility index (Phi) is 7.80. The number of amides is 1. The zero-order valence-electron chi connectivity index (χ0n) is 17.4. The van der Waals surface area contributed by atoms with E-state index in [1.807, 2.05) is 7.05 Å². The van der Waals surface area contributed by atoms with Crippen LogP contribution in [0.15, 0.2) is 4.99 Å². The summed E-state index contributed by atoms with van der Waals surface area (Å²) in [4.78, 5) is 21.8. The molecule has 2 aliphatic heterocycles. The highest BCUT2D eigenvalue weighted by molar-refractivity contribution is 5.81. The van der Waals surface area contributed by atoms with Gasteiger partial charge < -0.3 is 20.4 Å². The van der Waals surface area contributed by atoms with Crippen molar-refractivity contribution in [1.82, 2.24) is 20.4 Å². The van der Waals surface area contributed by atoms with Crippen LogP contribution in [0.4, 0.5) is 0 Å². The van der Waals surface area contributed by atoms with Crippen molar-refractivity contribution >= 4 is 11.9 Å². The minimum Gasteiger partial charge on any atom is -0.356 e. The fourth-order valence-corrected chi connectivity index (χ4v) is 4.82. The van der Waals surface area contributed by atoms with Gasteiger partial charge in [-0.05, 0) is 51.1 Å². The molecular formula is C21H39N5O. The number of rotatable bonds is 6. The first-order valence-electron chi connectivity index (χ1n) is 11.1. The summed E-state index contributed by atoms with van der Waals surface area (Å²) in [5.74, 6) is 2.15. The highest BCUT2D eigenvalue weighted by Gasteiger charge is 2.31. The molecule has 2 heterocycles. The van der Waals surface area contributed by atoms with Crippen molar-refractivity contribution in [2.75, 3.05) is 46.3 Å². The van der Waals surface area contributed by atoms with Crippen LogP contribution >= 0.6 is 0 Å². The monoisotopic (exact) mass is 377 g/mol. The largest absolute Gasteiger partial charge is 0.356 e. The molecule has 6 heteroatoms. The van der Waals surface area contributed by atoms with E-state index in [9.17, 15) is 4.79 Å². The van der Waals surface area contributed by atoms with E-state index in [4.69, 9.17) is 0 Å². The number of carbonyl (C=O) groups is 1. The lowest BCUT2D eigenvalue weighted by atomic mass is 9.88. The van der Waals surface area contributed by atoms with Crippen LogP contribution < -0.4 is 10.6 Å². The molecular weight excluding hydrogens is 338 g/mol. The third-order valence-corrected chi connectivity index (χ3v) is 6.41. The number of nitrogens with one attached hydrogen (secondary N) is 2. The molecule has 3 rings (SSSR count). The van der Waals surface area contributed by atoms with Crippen molar-refractivity contribution < 1.29 is 4.79 Å². The molecule has 2 atom stereocenters. The lowest BCUT2D eigenvalue weighted by Crippen LogP contribution is -2.47. The molecule has 0 aromatic heterocycles. The minimum absolute atomic E-state index is 0.279. The molecule has 2 saturated heterocycles. The van der Waals surface area contributed by atoms with Crippen molar-refractivity contribution in [3.8, 4) is 0 Å². The van der Waals surface area contributed by atoms with Gasteiger partial charge in [0.15, 0.2) is 5.96 Å². The first-order chi connectivity index (χ1) is 13.2. The van der Waals surface area contributed by atoms with Crippen LogP contribution in [0.3, 0.4) is 0 Å². The quantitative estimate of drug-likeness (QED) is 0.549. The second-order valence-electron chi connectivity index (χ2n) is 8.82. The smallest absolute Gasteiger partial charge is 0.225 e. The van der Waals surface area contributed by atoms with Crippen molar-refractivity contribution in [3.63, 3.8) is 0 Å². The summed E-state index contributed by atoms with van der Waals surface area (Å²) in [6.45, 7) is 8.62. The molecule has 154 valence electrons. The summed E-state index contributed by atoms with van der Waals surface area (Å²) in [6.07, 6.45) is 9.63. The van der Waals surface area contributed by atoms with Gasteiger partial charge in [0.1, 0.15) is 0 Å². The van der Waals surface area contributed by atoms with E-state index in [-0.39, 0.29) is 5.92 Å². The maximum absolute atomic E-state index is 12.7. The summed E-state index contributed by atoms with van der Waals surface area (Å²) in [5, 5.41) is 7.02. The van der Waals surface area contributed by atoms with Gasteiger partial charge in [-0.15, -0.1) is 0 Å². The highest BCUT2D eigenvalue weighted by atomic mass is 16.2. The predicted octanol–water partition coefficient (Wildman–Crippen LogP) is 2.06. The van der Waals surface area contributed by atoms with E-state index in [0.717, 1.165) is 51.4 Å². The van der Waals surface area contributed by atoms with E-state index in [1.54, 1.807) is 0 Å². The molecule has 3 aliphatic rings. The molecule has 3 fully saturated rings. The maximum atomic E-state index is 12.7. The van der Waals surface area contributed by atoms with E-state index >= 15 is 0 Å². The van der Waals surface area contributed by atoms with Crippen LogP contribution in [0.25, 0.3) is 0 Å². The number of likely N-dealkylation sites (tertiary alicyclic amines) is 2. The molecule has 0 spiro atoms. The molecule has 1 aliphatic carbocycles. The number of aliphatic imine (C=N–C) groups is 1. The van der Waals surface area contributed by atoms with Gasteiger partial charge in [-0.1, -0.05) is 26.2 Å². The predicted molar refractivity (Wildman–Crippen MR) is 111 cm³/mol. The first-order valence-corrected chi connectivity index (χ1v) is 11.1. The summed E-state index contributed by atoms with van der Waals surface area (Å²) < 4.78 is 0. The molecule has 1 amide bonds. The van der Waals surface area contributed by atoms with E-state index in [2.05, 4.69) is 32.3 Å². The van der Waals surface area contributed by atoms with Crippen LogP contribution in [-0.4, -0.2) is 74.0 Å². The second-order valence-corrected chi connectivity index (χ2v) is 8.82. The molecule has 6 nitrogen and oxygen atoms in total. The zero-order valence-corrected chi connectivity index (χ0v) is 17.4. The summed E-state index contributed by atoms with van der Waals surface area (Å²) >= 11 is 0. The Balaban J connectivity index is 1.37. The van der Waals surface area contributed by atoms with Gasteiger partial charge in [-0.25, -0.2) is 0 Å². The lowest BCUT2D eigenvalue weighted by Gasteiger charge is -2.26. The Labute approximate surface area is 165 Å².